The first-order valence-electron chi connectivity index (χ1n) is 4.05. The maximum Gasteiger partial charge on any atom is 0.123 e. The zero-order chi connectivity index (χ0) is 9.26. The van der Waals surface area contributed by atoms with Crippen molar-refractivity contribution in [1.82, 2.24) is 4.98 Å². The van der Waals surface area contributed by atoms with Crippen LogP contribution in [0.2, 0.25) is 0 Å². The van der Waals surface area contributed by atoms with E-state index in [0.29, 0.717) is 5.82 Å². The Bertz CT molecular complexity index is 440. The molecule has 3 N–H and O–H groups in total. The lowest BCUT2D eigenvalue weighted by Gasteiger charge is -2.03. The molecule has 0 radical (unpaired) electrons. The monoisotopic (exact) mass is 174 g/mol. The van der Waals surface area contributed by atoms with Gasteiger partial charge in [-0.05, 0) is 17.0 Å². The molecule has 2 rings (SSSR count). The second-order valence-electron chi connectivity index (χ2n) is 2.91. The Balaban J connectivity index is 2.79. The van der Waals surface area contributed by atoms with Crippen LogP contribution in [0.4, 0.5) is 5.82 Å². The molecule has 0 spiro atoms. The predicted octanol–water partition coefficient (Wildman–Crippen LogP) is 1.31. The van der Waals surface area contributed by atoms with Crippen molar-refractivity contribution in [1.29, 1.82) is 0 Å². The van der Waals surface area contributed by atoms with Gasteiger partial charge in [-0.2, -0.15) is 0 Å². The third-order valence-electron chi connectivity index (χ3n) is 2.05. The Kier molecular flexibility index (Phi) is 1.87. The van der Waals surface area contributed by atoms with Crippen LogP contribution in [0.3, 0.4) is 0 Å². The average Bonchev–Trinajstić information content (AvgIpc) is 2.17. The van der Waals surface area contributed by atoms with Crippen LogP contribution in [0.1, 0.15) is 5.56 Å². The van der Waals surface area contributed by atoms with E-state index in [4.69, 9.17) is 10.8 Å². The van der Waals surface area contributed by atoms with Crippen molar-refractivity contribution >= 4 is 16.6 Å². The molecule has 0 unspecified atom stereocenters. The number of nitrogens with two attached hydrogens (primary N) is 1. The summed E-state index contributed by atoms with van der Waals surface area (Å²) in [6.45, 7) is 0.0286. The lowest BCUT2D eigenvalue weighted by molar-refractivity contribution is 0.283. The van der Waals surface area contributed by atoms with Crippen LogP contribution >= 0.6 is 0 Å². The molecule has 0 aliphatic carbocycles. The Hall–Kier alpha value is -1.61. The SMILES string of the molecule is Nc1cc2c(CO)cccc2cn1. The third-order valence-corrected chi connectivity index (χ3v) is 2.05. The normalized spacial score (nSPS) is 10.5. The highest BCUT2D eigenvalue weighted by Crippen LogP contribution is 2.19. The number of fused-ring (bicyclic) bond motifs is 1. The van der Waals surface area contributed by atoms with Crippen molar-refractivity contribution in [2.45, 2.75) is 6.61 Å². The van der Waals surface area contributed by atoms with Gasteiger partial charge in [-0.25, -0.2) is 4.98 Å². The summed E-state index contributed by atoms with van der Waals surface area (Å²) in [5, 5.41) is 11.0. The number of aromatic nitrogens is 1. The highest BCUT2D eigenvalue weighted by atomic mass is 16.3. The van der Waals surface area contributed by atoms with Crippen molar-refractivity contribution in [2.24, 2.45) is 0 Å². The molecule has 0 saturated heterocycles. The van der Waals surface area contributed by atoms with Crippen molar-refractivity contribution in [3.05, 3.63) is 36.0 Å². The van der Waals surface area contributed by atoms with Crippen molar-refractivity contribution in [3.8, 4) is 0 Å². The zero-order valence-corrected chi connectivity index (χ0v) is 7.07. The molecule has 0 bridgehead atoms. The van der Waals surface area contributed by atoms with E-state index >= 15 is 0 Å². The fourth-order valence-electron chi connectivity index (χ4n) is 1.39. The minimum absolute atomic E-state index is 0.0286. The molecule has 3 heteroatoms. The average molecular weight is 174 g/mol. The summed E-state index contributed by atoms with van der Waals surface area (Å²) in [5.74, 6) is 0.480. The number of hydrogen-bond donors (Lipinski definition) is 2. The maximum absolute atomic E-state index is 9.07. The smallest absolute Gasteiger partial charge is 0.123 e. The number of benzene rings is 1. The second-order valence-corrected chi connectivity index (χ2v) is 2.91. The van der Waals surface area contributed by atoms with Gasteiger partial charge in [0.05, 0.1) is 6.61 Å². The molecule has 2 aromatic rings. The van der Waals surface area contributed by atoms with Gasteiger partial charge in [-0.15, -0.1) is 0 Å². The first-order valence-corrected chi connectivity index (χ1v) is 4.05. The van der Waals surface area contributed by atoms with Crippen LogP contribution in [-0.4, -0.2) is 10.1 Å². The van der Waals surface area contributed by atoms with Crippen LogP contribution in [0.5, 0.6) is 0 Å². The topological polar surface area (TPSA) is 59.1 Å². The Morgan fingerprint density at radius 3 is 3.00 bits per heavy atom. The maximum atomic E-state index is 9.07. The van der Waals surface area contributed by atoms with E-state index < -0.39 is 0 Å². The van der Waals surface area contributed by atoms with Gasteiger partial charge in [0.15, 0.2) is 0 Å². The Morgan fingerprint density at radius 2 is 2.23 bits per heavy atom. The highest BCUT2D eigenvalue weighted by Gasteiger charge is 1.99. The van der Waals surface area contributed by atoms with Crippen LogP contribution in [0, 0.1) is 0 Å². The molecule has 3 nitrogen and oxygen atoms in total. The number of anilines is 1. The summed E-state index contributed by atoms with van der Waals surface area (Å²) < 4.78 is 0. The van der Waals surface area contributed by atoms with Crippen LogP contribution in [-0.2, 0) is 6.61 Å². The minimum atomic E-state index is 0.0286. The van der Waals surface area contributed by atoms with E-state index in [1.807, 2.05) is 18.2 Å². The first-order chi connectivity index (χ1) is 6.31. The number of pyridine rings is 1. The molecule has 66 valence electrons. The fraction of sp³-hybridized carbons (Fsp3) is 0.100. The summed E-state index contributed by atoms with van der Waals surface area (Å²) in [6, 6.07) is 7.50. The number of hydrogen-bond acceptors (Lipinski definition) is 3. The molecule has 0 saturated carbocycles. The molecular weight excluding hydrogens is 164 g/mol. The summed E-state index contributed by atoms with van der Waals surface area (Å²) >= 11 is 0. The van der Waals surface area contributed by atoms with Gasteiger partial charge in [-0.3, -0.25) is 0 Å². The van der Waals surface area contributed by atoms with Gasteiger partial charge < -0.3 is 10.8 Å². The molecule has 1 aromatic heterocycles. The predicted molar refractivity (Wildman–Crippen MR) is 52.1 cm³/mol. The van der Waals surface area contributed by atoms with Crippen molar-refractivity contribution < 1.29 is 5.11 Å². The molecular formula is C10H10N2O. The largest absolute Gasteiger partial charge is 0.392 e. The van der Waals surface area contributed by atoms with E-state index in [0.717, 1.165) is 16.3 Å². The van der Waals surface area contributed by atoms with Gasteiger partial charge >= 0.3 is 0 Å². The summed E-state index contributed by atoms with van der Waals surface area (Å²) in [5.41, 5.74) is 6.44. The van der Waals surface area contributed by atoms with E-state index in [1.54, 1.807) is 12.3 Å². The van der Waals surface area contributed by atoms with Crippen LogP contribution in [0.15, 0.2) is 30.5 Å². The van der Waals surface area contributed by atoms with Gasteiger partial charge in [-0.1, -0.05) is 18.2 Å². The molecule has 0 fully saturated rings. The number of rotatable bonds is 1. The molecule has 0 aliphatic rings. The lowest BCUT2D eigenvalue weighted by Crippen LogP contribution is -1.91. The minimum Gasteiger partial charge on any atom is -0.392 e. The van der Waals surface area contributed by atoms with Gasteiger partial charge in [0.1, 0.15) is 5.82 Å². The first kappa shape index (κ1) is 8.01. The third kappa shape index (κ3) is 1.34. The van der Waals surface area contributed by atoms with Crippen molar-refractivity contribution in [3.63, 3.8) is 0 Å². The number of nitrogen functional groups attached to an aromatic ring is 1. The molecule has 13 heavy (non-hydrogen) atoms. The Labute approximate surface area is 75.8 Å². The van der Waals surface area contributed by atoms with E-state index in [9.17, 15) is 0 Å². The molecule has 1 heterocycles. The highest BCUT2D eigenvalue weighted by molar-refractivity contribution is 5.86. The van der Waals surface area contributed by atoms with Gasteiger partial charge in [0.2, 0.25) is 0 Å². The lowest BCUT2D eigenvalue weighted by atomic mass is 10.1. The molecule has 0 amide bonds. The van der Waals surface area contributed by atoms with Crippen molar-refractivity contribution in [2.75, 3.05) is 5.73 Å². The summed E-state index contributed by atoms with van der Waals surface area (Å²) in [7, 11) is 0. The number of aliphatic hydroxyl groups excluding tert-OH is 1. The molecule has 0 aliphatic heterocycles. The Morgan fingerprint density at radius 1 is 1.38 bits per heavy atom. The zero-order valence-electron chi connectivity index (χ0n) is 7.07. The molecule has 0 atom stereocenters. The van der Waals surface area contributed by atoms with Gasteiger partial charge in [0.25, 0.3) is 0 Å². The number of aliphatic hydroxyl groups is 1. The summed E-state index contributed by atoms with van der Waals surface area (Å²) in [4.78, 5) is 3.98. The fourth-order valence-corrected chi connectivity index (χ4v) is 1.39. The van der Waals surface area contributed by atoms with E-state index in [-0.39, 0.29) is 6.61 Å². The molecule has 1 aromatic carbocycles. The quantitative estimate of drug-likeness (QED) is 0.685. The standard InChI is InChI=1S/C10H10N2O/c11-10-4-9-7(5-12-10)2-1-3-8(9)6-13/h1-5,13H,6H2,(H2,11,12). The van der Waals surface area contributed by atoms with E-state index in [1.165, 1.54) is 0 Å². The number of nitrogens with zero attached hydrogens (tertiary/aromatic N) is 1. The summed E-state index contributed by atoms with van der Waals surface area (Å²) in [6.07, 6.45) is 1.71. The van der Waals surface area contributed by atoms with Crippen LogP contribution in [0.25, 0.3) is 10.8 Å². The van der Waals surface area contributed by atoms with Crippen LogP contribution < -0.4 is 5.73 Å². The second kappa shape index (κ2) is 3.03. The van der Waals surface area contributed by atoms with E-state index in [2.05, 4.69) is 4.98 Å². The van der Waals surface area contributed by atoms with Gasteiger partial charge in [0, 0.05) is 11.6 Å².